The molecule has 5 heteroatoms. The van der Waals surface area contributed by atoms with Crippen LogP contribution in [-0.2, 0) is 14.2 Å². The highest BCUT2D eigenvalue weighted by Gasteiger charge is 2.05. The predicted octanol–water partition coefficient (Wildman–Crippen LogP) is 0.417. The number of rotatable bonds is 13. The smallest absolute Gasteiger partial charge is 0.0700 e. The lowest BCUT2D eigenvalue weighted by Gasteiger charge is -2.15. The van der Waals surface area contributed by atoms with Crippen molar-refractivity contribution in [3.8, 4) is 0 Å². The maximum absolute atomic E-state index is 9.07. The van der Waals surface area contributed by atoms with Crippen molar-refractivity contribution in [3.05, 3.63) is 0 Å². The van der Waals surface area contributed by atoms with Crippen molar-refractivity contribution in [1.82, 2.24) is 5.32 Å². The van der Waals surface area contributed by atoms with E-state index in [1.807, 2.05) is 0 Å². The molecule has 0 aromatic carbocycles. The van der Waals surface area contributed by atoms with Crippen LogP contribution in [0.4, 0.5) is 0 Å². The third-order valence-electron chi connectivity index (χ3n) is 2.23. The first kappa shape index (κ1) is 16.8. The number of hydrogen-bond acceptors (Lipinski definition) is 5. The average Bonchev–Trinajstić information content (AvgIpc) is 2.36. The Bertz CT molecular complexity index is 146. The van der Waals surface area contributed by atoms with Crippen LogP contribution in [0.2, 0.25) is 0 Å². The van der Waals surface area contributed by atoms with Crippen LogP contribution in [0.15, 0.2) is 0 Å². The van der Waals surface area contributed by atoms with Gasteiger partial charge >= 0.3 is 0 Å². The molecule has 0 rings (SSSR count). The summed E-state index contributed by atoms with van der Waals surface area (Å²) < 4.78 is 15.6. The summed E-state index contributed by atoms with van der Waals surface area (Å²) in [4.78, 5) is 0. The Kier molecular flexibility index (Phi) is 13.7. The van der Waals surface area contributed by atoms with Gasteiger partial charge in [0.25, 0.3) is 0 Å². The molecule has 0 bridgehead atoms. The van der Waals surface area contributed by atoms with Crippen LogP contribution in [0.25, 0.3) is 0 Å². The molecule has 0 saturated heterocycles. The molecule has 1 unspecified atom stereocenters. The zero-order valence-corrected chi connectivity index (χ0v) is 11.1. The second-order valence-electron chi connectivity index (χ2n) is 3.87. The maximum Gasteiger partial charge on any atom is 0.0700 e. The Morgan fingerprint density at radius 3 is 2.53 bits per heavy atom. The molecule has 0 radical (unpaired) electrons. The fourth-order valence-electron chi connectivity index (χ4n) is 1.26. The lowest BCUT2D eigenvalue weighted by molar-refractivity contribution is 0.0432. The van der Waals surface area contributed by atoms with Gasteiger partial charge in [0, 0.05) is 20.3 Å². The van der Waals surface area contributed by atoms with Gasteiger partial charge in [-0.15, -0.1) is 0 Å². The fourth-order valence-corrected chi connectivity index (χ4v) is 1.26. The zero-order valence-electron chi connectivity index (χ0n) is 11.1. The lowest BCUT2D eigenvalue weighted by atomic mass is 10.3. The van der Waals surface area contributed by atoms with Gasteiger partial charge in [-0.25, -0.2) is 0 Å². The molecule has 0 aliphatic rings. The van der Waals surface area contributed by atoms with Crippen molar-refractivity contribution in [1.29, 1.82) is 0 Å². The molecule has 17 heavy (non-hydrogen) atoms. The van der Waals surface area contributed by atoms with Gasteiger partial charge in [0.05, 0.1) is 32.5 Å². The van der Waals surface area contributed by atoms with E-state index in [4.69, 9.17) is 19.3 Å². The SMILES string of the molecule is CCCNC(CO)COCCCOCCOC. The average molecular weight is 249 g/mol. The molecule has 1 atom stereocenters. The molecule has 5 nitrogen and oxygen atoms in total. The van der Waals surface area contributed by atoms with E-state index < -0.39 is 0 Å². The molecule has 0 aromatic heterocycles. The second-order valence-corrected chi connectivity index (χ2v) is 3.87. The van der Waals surface area contributed by atoms with Crippen molar-refractivity contribution in [2.24, 2.45) is 0 Å². The van der Waals surface area contributed by atoms with Crippen molar-refractivity contribution in [2.75, 3.05) is 53.3 Å². The molecule has 104 valence electrons. The summed E-state index contributed by atoms with van der Waals surface area (Å²) in [5.74, 6) is 0. The second kappa shape index (κ2) is 13.9. The van der Waals surface area contributed by atoms with E-state index in [1.54, 1.807) is 7.11 Å². The van der Waals surface area contributed by atoms with E-state index >= 15 is 0 Å². The topological polar surface area (TPSA) is 60.0 Å². The minimum Gasteiger partial charge on any atom is -0.395 e. The van der Waals surface area contributed by atoms with Gasteiger partial charge in [-0.05, 0) is 19.4 Å². The van der Waals surface area contributed by atoms with E-state index in [0.29, 0.717) is 33.0 Å². The number of hydrogen-bond donors (Lipinski definition) is 2. The molecule has 0 aliphatic heterocycles. The van der Waals surface area contributed by atoms with Crippen LogP contribution in [0.5, 0.6) is 0 Å². The highest BCUT2D eigenvalue weighted by Crippen LogP contribution is 1.90. The van der Waals surface area contributed by atoms with Crippen molar-refractivity contribution in [3.63, 3.8) is 0 Å². The molecular weight excluding hydrogens is 222 g/mol. The van der Waals surface area contributed by atoms with Crippen LogP contribution in [0.3, 0.4) is 0 Å². The Morgan fingerprint density at radius 2 is 1.88 bits per heavy atom. The third-order valence-corrected chi connectivity index (χ3v) is 2.23. The Labute approximate surface area is 104 Å². The summed E-state index contributed by atoms with van der Waals surface area (Å²) in [5, 5.41) is 12.3. The summed E-state index contributed by atoms with van der Waals surface area (Å²) >= 11 is 0. The van der Waals surface area contributed by atoms with Crippen LogP contribution < -0.4 is 5.32 Å². The van der Waals surface area contributed by atoms with Gasteiger partial charge in [-0.1, -0.05) is 6.92 Å². The third kappa shape index (κ3) is 12.1. The molecule has 2 N–H and O–H groups in total. The van der Waals surface area contributed by atoms with Gasteiger partial charge < -0.3 is 24.6 Å². The van der Waals surface area contributed by atoms with Crippen molar-refractivity contribution >= 4 is 0 Å². The van der Waals surface area contributed by atoms with Gasteiger partial charge in [0.2, 0.25) is 0 Å². The fraction of sp³-hybridized carbons (Fsp3) is 1.00. The Balaban J connectivity index is 3.19. The summed E-state index contributed by atoms with van der Waals surface area (Å²) in [6, 6.07) is 0.0457. The van der Waals surface area contributed by atoms with Crippen LogP contribution in [0.1, 0.15) is 19.8 Å². The van der Waals surface area contributed by atoms with Crippen LogP contribution >= 0.6 is 0 Å². The monoisotopic (exact) mass is 249 g/mol. The lowest BCUT2D eigenvalue weighted by Crippen LogP contribution is -2.37. The van der Waals surface area contributed by atoms with Gasteiger partial charge in [0.15, 0.2) is 0 Å². The van der Waals surface area contributed by atoms with E-state index in [9.17, 15) is 0 Å². The number of methoxy groups -OCH3 is 1. The van der Waals surface area contributed by atoms with Crippen LogP contribution in [-0.4, -0.2) is 64.4 Å². The van der Waals surface area contributed by atoms with Gasteiger partial charge in [-0.2, -0.15) is 0 Å². The highest BCUT2D eigenvalue weighted by atomic mass is 16.5. The number of aliphatic hydroxyl groups is 1. The molecule has 0 spiro atoms. The molecule has 0 aliphatic carbocycles. The molecule has 0 amide bonds. The van der Waals surface area contributed by atoms with E-state index in [1.165, 1.54) is 0 Å². The number of ether oxygens (including phenoxy) is 3. The normalized spacial score (nSPS) is 12.9. The van der Waals surface area contributed by atoms with Crippen molar-refractivity contribution < 1.29 is 19.3 Å². The van der Waals surface area contributed by atoms with Gasteiger partial charge in [0.1, 0.15) is 0 Å². The van der Waals surface area contributed by atoms with Crippen LogP contribution in [0, 0.1) is 0 Å². The molecular formula is C12H27NO4. The molecule has 0 heterocycles. The number of nitrogens with one attached hydrogen (secondary N) is 1. The molecule has 0 fully saturated rings. The largest absolute Gasteiger partial charge is 0.395 e. The maximum atomic E-state index is 9.07. The van der Waals surface area contributed by atoms with E-state index in [2.05, 4.69) is 12.2 Å². The first-order valence-electron chi connectivity index (χ1n) is 6.33. The van der Waals surface area contributed by atoms with E-state index in [0.717, 1.165) is 19.4 Å². The minimum atomic E-state index is 0.0457. The summed E-state index contributed by atoms with van der Waals surface area (Å²) in [6.07, 6.45) is 1.93. The quantitative estimate of drug-likeness (QED) is 0.463. The predicted molar refractivity (Wildman–Crippen MR) is 67.3 cm³/mol. The summed E-state index contributed by atoms with van der Waals surface area (Å²) in [7, 11) is 1.66. The first-order valence-corrected chi connectivity index (χ1v) is 6.33. The highest BCUT2D eigenvalue weighted by molar-refractivity contribution is 4.63. The molecule has 0 saturated carbocycles. The zero-order chi connectivity index (χ0) is 12.8. The standard InChI is InChI=1S/C12H27NO4/c1-3-5-13-12(10-14)11-17-7-4-6-16-9-8-15-2/h12-14H,3-11H2,1-2H3. The Morgan fingerprint density at radius 1 is 1.12 bits per heavy atom. The van der Waals surface area contributed by atoms with E-state index in [-0.39, 0.29) is 12.6 Å². The summed E-state index contributed by atoms with van der Waals surface area (Å²) in [6.45, 7) is 6.29. The van der Waals surface area contributed by atoms with Gasteiger partial charge in [-0.3, -0.25) is 0 Å². The minimum absolute atomic E-state index is 0.0457. The summed E-state index contributed by atoms with van der Waals surface area (Å²) in [5.41, 5.74) is 0. The number of aliphatic hydroxyl groups excluding tert-OH is 1. The molecule has 0 aromatic rings. The Hall–Kier alpha value is -0.200. The first-order chi connectivity index (χ1) is 8.35. The van der Waals surface area contributed by atoms with Crippen molar-refractivity contribution in [2.45, 2.75) is 25.8 Å².